The third-order valence-corrected chi connectivity index (χ3v) is 9.89. The van der Waals surface area contributed by atoms with E-state index in [0.717, 1.165) is 25.7 Å². The van der Waals surface area contributed by atoms with Gasteiger partial charge in [0.05, 0.1) is 30.6 Å². The number of esters is 2. The second kappa shape index (κ2) is 19.7. The first-order valence-corrected chi connectivity index (χ1v) is 27.1. The van der Waals surface area contributed by atoms with Gasteiger partial charge in [0.2, 0.25) is 0 Å². The quantitative estimate of drug-likeness (QED) is 0.256. The standard InChI is InChI=1S/C10H16O2.C10H14O2.C10H18O2.2CH4.I3/c2*1-6-3-4-8-7(2)5-12-10(11)9(6)8;1-6(2)8-5-4-7(3)9(8)10(11)12;;;1-3-2/h6-9H,3-5H2,1-2H3;5-6,8-9H,3-4H2,1-2H3;6-9H,4-5H2,1-3H3,(H,11,12);2*1H4;/q;;;;;-1/t6-,7-,8+,9-;6-,8+,9-;7-,8+,9?;;;/m000.../s1. The number of hydrogen-bond acceptors (Lipinski definition) is 5. The summed E-state index contributed by atoms with van der Waals surface area (Å²) in [7, 11) is 0. The molecule has 41 heavy (non-hydrogen) atoms. The van der Waals surface area contributed by atoms with Crippen LogP contribution in [-0.4, -0.2) is 29.6 Å². The number of halogens is 3. The molecule has 242 valence electrons. The molecule has 2 aliphatic heterocycles. The van der Waals surface area contributed by atoms with Crippen LogP contribution in [0, 0.1) is 65.1 Å². The second-order valence-corrected chi connectivity index (χ2v) is 29.0. The van der Waals surface area contributed by atoms with Gasteiger partial charge in [0.15, 0.2) is 0 Å². The van der Waals surface area contributed by atoms with Gasteiger partial charge in [-0.05, 0) is 98.4 Å². The Hall–Kier alpha value is 0.340. The van der Waals surface area contributed by atoms with Crippen LogP contribution in [0.25, 0.3) is 0 Å². The summed E-state index contributed by atoms with van der Waals surface area (Å²) >= 11 is 5.30. The average molecular weight is 918 g/mol. The maximum absolute atomic E-state index is 11.4. The molecule has 1 saturated heterocycles. The van der Waals surface area contributed by atoms with Crippen LogP contribution >= 0.6 is 37.2 Å². The van der Waals surface area contributed by atoms with Gasteiger partial charge in [0.25, 0.3) is 0 Å². The molecule has 0 radical (unpaired) electrons. The van der Waals surface area contributed by atoms with Crippen molar-refractivity contribution in [2.24, 2.45) is 65.1 Å². The van der Waals surface area contributed by atoms with Crippen molar-refractivity contribution in [3.8, 4) is 0 Å². The number of cyclic esters (lactones) is 2. The predicted octanol–water partition coefficient (Wildman–Crippen LogP) is 6.39. The van der Waals surface area contributed by atoms with E-state index in [-0.39, 0.29) is 44.5 Å². The van der Waals surface area contributed by atoms with Crippen molar-refractivity contribution in [1.29, 1.82) is 0 Å². The summed E-state index contributed by atoms with van der Waals surface area (Å²) < 4.78 is 10.1. The normalized spacial score (nSPS) is 36.6. The van der Waals surface area contributed by atoms with Crippen LogP contribution in [0.2, 0.25) is 0 Å². The van der Waals surface area contributed by atoms with Gasteiger partial charge >= 0.3 is 68.4 Å². The van der Waals surface area contributed by atoms with Crippen LogP contribution < -0.4 is 13.3 Å². The molecule has 1 N–H and O–H groups in total. The Balaban J connectivity index is 0.000000545. The Kier molecular flexibility index (Phi) is 19.8. The average Bonchev–Trinajstić information content (AvgIpc) is 3.58. The van der Waals surface area contributed by atoms with E-state index in [9.17, 15) is 14.4 Å². The fourth-order valence-electron chi connectivity index (χ4n) is 7.55. The predicted molar refractivity (Wildman–Crippen MR) is 180 cm³/mol. The Morgan fingerprint density at radius 2 is 1.41 bits per heavy atom. The molecule has 5 aliphatic rings. The summed E-state index contributed by atoms with van der Waals surface area (Å²) in [5.74, 6) is 3.71. The molecule has 5 rings (SSSR count). The van der Waals surface area contributed by atoms with E-state index < -0.39 is 5.97 Å². The van der Waals surface area contributed by atoms with Crippen LogP contribution in [0.3, 0.4) is 0 Å². The fourth-order valence-corrected chi connectivity index (χ4v) is 7.55. The molecular weight excluding hydrogens is 861 g/mol. The van der Waals surface area contributed by atoms with Crippen molar-refractivity contribution in [3.63, 3.8) is 0 Å². The molecule has 4 fully saturated rings. The van der Waals surface area contributed by atoms with Crippen LogP contribution in [0.4, 0.5) is 0 Å². The van der Waals surface area contributed by atoms with E-state index in [2.05, 4.69) is 85.7 Å². The Labute approximate surface area is 280 Å². The number of aliphatic carboxylic acids is 1. The summed E-state index contributed by atoms with van der Waals surface area (Å²) in [6.07, 6.45) is 8.55. The first kappa shape index (κ1) is 41.3. The number of carboxylic acid groups (broad SMARTS) is 1. The van der Waals surface area contributed by atoms with Crippen molar-refractivity contribution in [2.75, 3.05) is 6.61 Å². The summed E-state index contributed by atoms with van der Waals surface area (Å²) in [5.41, 5.74) is 1.24. The Morgan fingerprint density at radius 1 is 0.878 bits per heavy atom. The fraction of sp³-hybridized carbons (Fsp3) is 0.844. The third kappa shape index (κ3) is 11.0. The molecule has 9 heteroatoms. The van der Waals surface area contributed by atoms with E-state index in [1.807, 2.05) is 0 Å². The van der Waals surface area contributed by atoms with E-state index in [0.29, 0.717) is 67.2 Å². The van der Waals surface area contributed by atoms with Crippen LogP contribution in [0.15, 0.2) is 11.8 Å². The zero-order chi connectivity index (χ0) is 29.4. The molecule has 1 unspecified atom stereocenters. The van der Waals surface area contributed by atoms with Gasteiger partial charge in [-0.1, -0.05) is 56.4 Å². The number of fused-ring (bicyclic) bond motifs is 2. The third-order valence-electron chi connectivity index (χ3n) is 9.89. The second-order valence-electron chi connectivity index (χ2n) is 12.7. The van der Waals surface area contributed by atoms with Gasteiger partial charge in [0, 0.05) is 0 Å². The molecule has 0 spiro atoms. The van der Waals surface area contributed by atoms with E-state index in [4.69, 9.17) is 14.6 Å². The van der Waals surface area contributed by atoms with Gasteiger partial charge in [-0.15, -0.1) is 0 Å². The van der Waals surface area contributed by atoms with E-state index in [1.54, 1.807) is 6.26 Å². The van der Waals surface area contributed by atoms with Crippen molar-refractivity contribution in [1.82, 2.24) is 0 Å². The van der Waals surface area contributed by atoms with E-state index in [1.165, 1.54) is 18.4 Å². The molecule has 3 saturated carbocycles. The number of ether oxygens (including phenoxy) is 2. The zero-order valence-electron chi connectivity index (χ0n) is 24.5. The van der Waals surface area contributed by atoms with Gasteiger partial charge in [-0.25, -0.2) is 0 Å². The molecule has 0 aromatic carbocycles. The monoisotopic (exact) mass is 917 g/mol. The molecule has 6 nitrogen and oxygen atoms in total. The molecular formula is C32H56I3O6-. The summed E-state index contributed by atoms with van der Waals surface area (Å²) in [5, 5.41) is 9.00. The van der Waals surface area contributed by atoms with E-state index >= 15 is 0 Å². The molecule has 0 aromatic rings. The van der Waals surface area contributed by atoms with Gasteiger partial charge in [-0.3, -0.25) is 14.4 Å². The Morgan fingerprint density at radius 3 is 1.90 bits per heavy atom. The number of carbonyl (C=O) groups is 3. The zero-order valence-corrected chi connectivity index (χ0v) is 31.0. The molecule has 0 aromatic heterocycles. The number of allylic oxidation sites excluding steroid dienone is 1. The molecule has 0 bridgehead atoms. The minimum atomic E-state index is -0.598. The van der Waals surface area contributed by atoms with Gasteiger partial charge in [-0.2, -0.15) is 0 Å². The van der Waals surface area contributed by atoms with Crippen molar-refractivity contribution >= 4 is 55.1 Å². The van der Waals surface area contributed by atoms with Crippen molar-refractivity contribution in [3.05, 3.63) is 11.8 Å². The summed E-state index contributed by atoms with van der Waals surface area (Å²) in [4.78, 5) is 33.7. The first-order chi connectivity index (χ1) is 18.3. The maximum atomic E-state index is 11.4. The van der Waals surface area contributed by atoms with Crippen LogP contribution in [0.1, 0.15) is 102 Å². The summed E-state index contributed by atoms with van der Waals surface area (Å²) in [6, 6.07) is 0. The van der Waals surface area contributed by atoms with Crippen molar-refractivity contribution < 1.29 is 42.2 Å². The SMILES string of the molecule is C.C.CC(C)[C@H]1CC[C@H](C)C1C(=O)O.CC1=COC(=O)[C@@H]2[C@@H]1CC[C@@H]2C.C[C@H]1COC(=O)[C@@H]2[C@@H]1CC[C@@H]2C.I[I-]I. The number of carboxylic acids is 1. The van der Waals surface area contributed by atoms with Crippen LogP contribution in [-0.2, 0) is 23.9 Å². The number of carbonyl (C=O) groups excluding carboxylic acids is 2. The molecule has 0 amide bonds. The van der Waals surface area contributed by atoms with Gasteiger partial charge in [0.1, 0.15) is 0 Å². The minimum absolute atomic E-state index is 0. The number of hydrogen-bond donors (Lipinski definition) is 1. The molecule has 2 heterocycles. The molecule has 10 atom stereocenters. The summed E-state index contributed by atoms with van der Waals surface area (Å²) in [6.45, 7) is 15.5. The topological polar surface area (TPSA) is 89.9 Å². The Bertz CT molecular complexity index is 848. The van der Waals surface area contributed by atoms with Gasteiger partial charge < -0.3 is 14.6 Å². The first-order valence-electron chi connectivity index (χ1n) is 14.5. The van der Waals surface area contributed by atoms with Crippen LogP contribution in [0.5, 0.6) is 0 Å². The van der Waals surface area contributed by atoms with Crippen molar-refractivity contribution in [2.45, 2.75) is 102 Å². The number of rotatable bonds is 2. The molecule has 3 aliphatic carbocycles.